The molecule has 3 heterocycles. The van der Waals surface area contributed by atoms with E-state index in [1.165, 1.54) is 6.42 Å². The molecule has 1 N–H and O–H groups in total. The summed E-state index contributed by atoms with van der Waals surface area (Å²) < 4.78 is 1.69. The van der Waals surface area contributed by atoms with E-state index in [0.717, 1.165) is 50.2 Å². The predicted molar refractivity (Wildman–Crippen MR) is 81.5 cm³/mol. The Morgan fingerprint density at radius 2 is 2.00 bits per heavy atom. The van der Waals surface area contributed by atoms with Gasteiger partial charge in [0.05, 0.1) is 0 Å². The van der Waals surface area contributed by atoms with Crippen molar-refractivity contribution in [3.8, 4) is 0 Å². The summed E-state index contributed by atoms with van der Waals surface area (Å²) in [5, 5.41) is 15.5. The van der Waals surface area contributed by atoms with Crippen molar-refractivity contribution in [3.05, 3.63) is 18.5 Å². The first kappa shape index (κ1) is 13.5. The van der Waals surface area contributed by atoms with Crippen LogP contribution in [0, 0.1) is 5.92 Å². The number of fused-ring (bicyclic) bond motifs is 1. The second-order valence-electron chi connectivity index (χ2n) is 6.22. The smallest absolute Gasteiger partial charge is 0.223 e. The van der Waals surface area contributed by atoms with Gasteiger partial charge in [-0.3, -0.25) is 4.79 Å². The van der Waals surface area contributed by atoms with Crippen LogP contribution in [0.15, 0.2) is 18.5 Å². The van der Waals surface area contributed by atoms with Crippen LogP contribution in [0.1, 0.15) is 32.1 Å². The highest BCUT2D eigenvalue weighted by molar-refractivity contribution is 5.79. The van der Waals surface area contributed by atoms with Gasteiger partial charge in [-0.05, 0) is 37.8 Å². The molecule has 7 nitrogen and oxygen atoms in total. The molecule has 7 heteroatoms. The summed E-state index contributed by atoms with van der Waals surface area (Å²) in [6, 6.07) is 4.22. The number of carbonyl (C=O) groups is 1. The molecule has 2 aromatic heterocycles. The van der Waals surface area contributed by atoms with Gasteiger partial charge < -0.3 is 10.2 Å². The summed E-state index contributed by atoms with van der Waals surface area (Å²) in [5.74, 6) is 1.47. The van der Waals surface area contributed by atoms with Crippen molar-refractivity contribution >= 4 is 17.4 Å². The Labute approximate surface area is 128 Å². The number of nitrogens with zero attached hydrogens (tertiary/aromatic N) is 5. The lowest BCUT2D eigenvalue weighted by Crippen LogP contribution is -2.47. The molecule has 22 heavy (non-hydrogen) atoms. The van der Waals surface area contributed by atoms with Crippen LogP contribution in [0.4, 0.5) is 5.82 Å². The minimum absolute atomic E-state index is 0.258. The normalized spacial score (nSPS) is 20.1. The van der Waals surface area contributed by atoms with Gasteiger partial charge in [0.25, 0.3) is 0 Å². The predicted octanol–water partition coefficient (Wildman–Crippen LogP) is 1.01. The van der Waals surface area contributed by atoms with Crippen molar-refractivity contribution in [2.24, 2.45) is 5.92 Å². The zero-order valence-corrected chi connectivity index (χ0v) is 12.5. The van der Waals surface area contributed by atoms with Gasteiger partial charge in [-0.1, -0.05) is 6.42 Å². The molecule has 0 radical (unpaired) electrons. The number of nitrogens with one attached hydrogen (secondary N) is 1. The van der Waals surface area contributed by atoms with Gasteiger partial charge in [0.1, 0.15) is 12.1 Å². The van der Waals surface area contributed by atoms with Crippen molar-refractivity contribution in [1.82, 2.24) is 25.1 Å². The Morgan fingerprint density at radius 3 is 2.73 bits per heavy atom. The first-order chi connectivity index (χ1) is 10.8. The van der Waals surface area contributed by atoms with Gasteiger partial charge in [-0.2, -0.15) is 4.52 Å². The molecule has 116 valence electrons. The summed E-state index contributed by atoms with van der Waals surface area (Å²) in [7, 11) is 0. The van der Waals surface area contributed by atoms with Crippen LogP contribution >= 0.6 is 0 Å². The summed E-state index contributed by atoms with van der Waals surface area (Å²) in [4.78, 5) is 14.3. The highest BCUT2D eigenvalue weighted by Gasteiger charge is 2.28. The van der Waals surface area contributed by atoms with Gasteiger partial charge in [0.2, 0.25) is 5.91 Å². The summed E-state index contributed by atoms with van der Waals surface area (Å²) in [6.45, 7) is 1.83. The fourth-order valence-corrected chi connectivity index (χ4v) is 3.13. The average Bonchev–Trinajstić information content (AvgIpc) is 2.93. The lowest BCUT2D eigenvalue weighted by molar-refractivity contribution is -0.128. The monoisotopic (exact) mass is 300 g/mol. The third kappa shape index (κ3) is 2.51. The van der Waals surface area contributed by atoms with E-state index in [4.69, 9.17) is 0 Å². The average molecular weight is 300 g/mol. The second-order valence-corrected chi connectivity index (χ2v) is 6.22. The Kier molecular flexibility index (Phi) is 3.40. The molecule has 4 rings (SSSR count). The zero-order valence-electron chi connectivity index (χ0n) is 12.5. The first-order valence-electron chi connectivity index (χ1n) is 8.02. The Bertz CT molecular complexity index is 671. The molecule has 2 aromatic rings. The minimum Gasteiger partial charge on any atom is -0.355 e. The van der Waals surface area contributed by atoms with Crippen molar-refractivity contribution in [2.75, 3.05) is 18.0 Å². The zero-order chi connectivity index (χ0) is 14.9. The van der Waals surface area contributed by atoms with Crippen molar-refractivity contribution in [2.45, 2.75) is 38.1 Å². The number of aromatic nitrogens is 4. The maximum absolute atomic E-state index is 12.0. The maximum Gasteiger partial charge on any atom is 0.223 e. The van der Waals surface area contributed by atoms with Crippen LogP contribution in [-0.2, 0) is 4.79 Å². The lowest BCUT2D eigenvalue weighted by atomic mass is 9.84. The fraction of sp³-hybridized carbons (Fsp3) is 0.600. The summed E-state index contributed by atoms with van der Waals surface area (Å²) in [5.41, 5.74) is 0.756. The van der Waals surface area contributed by atoms with Crippen molar-refractivity contribution in [3.63, 3.8) is 0 Å². The molecule has 1 aliphatic heterocycles. The molecule has 1 amide bonds. The highest BCUT2D eigenvalue weighted by atomic mass is 16.2. The number of hydrogen-bond donors (Lipinski definition) is 1. The van der Waals surface area contributed by atoms with Gasteiger partial charge in [-0.25, -0.2) is 0 Å². The van der Waals surface area contributed by atoms with Crippen molar-refractivity contribution in [1.29, 1.82) is 0 Å². The SMILES string of the molecule is O=C(NC1CCN(c2ccc3nncn3n2)CC1)C1CCC1. The van der Waals surface area contributed by atoms with E-state index in [2.05, 4.69) is 25.5 Å². The number of hydrogen-bond acceptors (Lipinski definition) is 5. The minimum atomic E-state index is 0.258. The van der Waals surface area contributed by atoms with E-state index in [1.54, 1.807) is 10.8 Å². The second kappa shape index (κ2) is 5.55. The molecule has 1 saturated carbocycles. The third-order valence-corrected chi connectivity index (χ3v) is 4.79. The number of anilines is 1. The van der Waals surface area contributed by atoms with E-state index >= 15 is 0 Å². The molecule has 1 saturated heterocycles. The molecular formula is C15H20N6O. The topological polar surface area (TPSA) is 75.4 Å². The molecule has 0 spiro atoms. The van der Waals surface area contributed by atoms with Gasteiger partial charge >= 0.3 is 0 Å². The van der Waals surface area contributed by atoms with Gasteiger partial charge in [0, 0.05) is 25.0 Å². The Morgan fingerprint density at radius 1 is 1.18 bits per heavy atom. The van der Waals surface area contributed by atoms with E-state index < -0.39 is 0 Å². The van der Waals surface area contributed by atoms with Crippen LogP contribution in [0.25, 0.3) is 5.65 Å². The molecule has 2 fully saturated rings. The Balaban J connectivity index is 1.35. The molecule has 0 unspecified atom stereocenters. The van der Waals surface area contributed by atoms with E-state index in [9.17, 15) is 4.79 Å². The van der Waals surface area contributed by atoms with Crippen LogP contribution in [0.2, 0.25) is 0 Å². The number of amides is 1. The first-order valence-corrected chi connectivity index (χ1v) is 8.02. The standard InChI is InChI=1S/C15H20N6O/c22-15(11-2-1-3-11)17-12-6-8-20(9-7-12)14-5-4-13-18-16-10-21(13)19-14/h4-5,10-12H,1-3,6-9H2,(H,17,22). The number of piperidine rings is 1. The van der Waals surface area contributed by atoms with E-state index in [0.29, 0.717) is 6.04 Å². The molecule has 0 aromatic carbocycles. The fourth-order valence-electron chi connectivity index (χ4n) is 3.13. The third-order valence-electron chi connectivity index (χ3n) is 4.79. The van der Waals surface area contributed by atoms with E-state index in [-0.39, 0.29) is 11.8 Å². The van der Waals surface area contributed by atoms with Gasteiger partial charge in [0.15, 0.2) is 5.65 Å². The quantitative estimate of drug-likeness (QED) is 0.915. The maximum atomic E-state index is 12.0. The van der Waals surface area contributed by atoms with E-state index in [1.807, 2.05) is 12.1 Å². The van der Waals surface area contributed by atoms with Crippen LogP contribution in [0.5, 0.6) is 0 Å². The number of carbonyl (C=O) groups excluding carboxylic acids is 1. The highest BCUT2D eigenvalue weighted by Crippen LogP contribution is 2.27. The van der Waals surface area contributed by atoms with Gasteiger partial charge in [-0.15, -0.1) is 15.3 Å². The van der Waals surface area contributed by atoms with Crippen LogP contribution < -0.4 is 10.2 Å². The lowest BCUT2D eigenvalue weighted by Gasteiger charge is -2.34. The van der Waals surface area contributed by atoms with Crippen molar-refractivity contribution < 1.29 is 4.79 Å². The van der Waals surface area contributed by atoms with Crippen LogP contribution in [0.3, 0.4) is 0 Å². The molecule has 0 atom stereocenters. The number of rotatable bonds is 3. The Hall–Kier alpha value is -2.18. The molecule has 2 aliphatic rings. The largest absolute Gasteiger partial charge is 0.355 e. The summed E-state index contributed by atoms with van der Waals surface area (Å²) in [6.07, 6.45) is 6.89. The molecular weight excluding hydrogens is 280 g/mol. The summed E-state index contributed by atoms with van der Waals surface area (Å²) >= 11 is 0. The van der Waals surface area contributed by atoms with Crippen LogP contribution in [-0.4, -0.2) is 44.8 Å². The molecule has 1 aliphatic carbocycles. The molecule has 0 bridgehead atoms.